The number of hydrogen-bond acceptors (Lipinski definition) is 2. The fourth-order valence-electron chi connectivity index (χ4n) is 2.42. The number of rotatable bonds is 7. The van der Waals surface area contributed by atoms with E-state index in [9.17, 15) is 4.79 Å². The SMILES string of the molecule is CC(C)c1ccc(NC(=O)NCCOc2cccc(C(C)C)c2)cc1. The number of carbonyl (C=O) groups excluding carboxylic acids is 1. The quantitative estimate of drug-likeness (QED) is 0.686. The summed E-state index contributed by atoms with van der Waals surface area (Å²) < 4.78 is 5.70. The average Bonchev–Trinajstić information content (AvgIpc) is 2.59. The molecule has 0 aliphatic rings. The molecule has 0 aromatic heterocycles. The topological polar surface area (TPSA) is 50.4 Å². The summed E-state index contributed by atoms with van der Waals surface area (Å²) in [4.78, 5) is 11.9. The highest BCUT2D eigenvalue weighted by molar-refractivity contribution is 5.89. The first-order valence-electron chi connectivity index (χ1n) is 8.83. The highest BCUT2D eigenvalue weighted by Gasteiger charge is 2.04. The summed E-state index contributed by atoms with van der Waals surface area (Å²) in [5.41, 5.74) is 3.28. The minimum absolute atomic E-state index is 0.225. The Labute approximate surface area is 150 Å². The minimum atomic E-state index is -0.225. The molecule has 0 spiro atoms. The Balaban J connectivity index is 1.72. The second kappa shape index (κ2) is 9.11. The molecular formula is C21H28N2O2. The zero-order chi connectivity index (χ0) is 18.2. The molecule has 2 amide bonds. The van der Waals surface area contributed by atoms with Gasteiger partial charge in [-0.3, -0.25) is 0 Å². The van der Waals surface area contributed by atoms with Gasteiger partial charge in [0.05, 0.1) is 6.54 Å². The predicted octanol–water partition coefficient (Wildman–Crippen LogP) is 5.13. The van der Waals surface area contributed by atoms with Gasteiger partial charge in [0.15, 0.2) is 0 Å². The molecule has 2 N–H and O–H groups in total. The van der Waals surface area contributed by atoms with Crippen molar-refractivity contribution in [3.8, 4) is 5.75 Å². The molecule has 0 aliphatic heterocycles. The monoisotopic (exact) mass is 340 g/mol. The highest BCUT2D eigenvalue weighted by atomic mass is 16.5. The molecular weight excluding hydrogens is 312 g/mol. The van der Waals surface area contributed by atoms with Gasteiger partial charge in [-0.2, -0.15) is 0 Å². The molecule has 0 saturated carbocycles. The van der Waals surface area contributed by atoms with Crippen LogP contribution in [-0.4, -0.2) is 19.2 Å². The van der Waals surface area contributed by atoms with Crippen molar-refractivity contribution in [2.45, 2.75) is 39.5 Å². The molecule has 0 heterocycles. The first-order valence-corrected chi connectivity index (χ1v) is 8.83. The Kier molecular flexibility index (Phi) is 6.87. The van der Waals surface area contributed by atoms with Crippen LogP contribution in [0.2, 0.25) is 0 Å². The Bertz CT molecular complexity index is 679. The second-order valence-corrected chi connectivity index (χ2v) is 6.73. The van der Waals surface area contributed by atoms with Gasteiger partial charge < -0.3 is 15.4 Å². The zero-order valence-electron chi connectivity index (χ0n) is 15.5. The van der Waals surface area contributed by atoms with E-state index in [0.29, 0.717) is 25.0 Å². The van der Waals surface area contributed by atoms with Crippen molar-refractivity contribution in [3.63, 3.8) is 0 Å². The summed E-state index contributed by atoms with van der Waals surface area (Å²) in [7, 11) is 0. The van der Waals surface area contributed by atoms with E-state index in [1.165, 1.54) is 11.1 Å². The van der Waals surface area contributed by atoms with Gasteiger partial charge >= 0.3 is 6.03 Å². The molecule has 2 aromatic rings. The number of carbonyl (C=O) groups is 1. The predicted molar refractivity (Wildman–Crippen MR) is 104 cm³/mol. The summed E-state index contributed by atoms with van der Waals surface area (Å²) in [6, 6.07) is 15.7. The number of hydrogen-bond donors (Lipinski definition) is 2. The number of amides is 2. The lowest BCUT2D eigenvalue weighted by Crippen LogP contribution is -2.32. The number of nitrogens with one attached hydrogen (secondary N) is 2. The zero-order valence-corrected chi connectivity index (χ0v) is 15.5. The van der Waals surface area contributed by atoms with Crippen molar-refractivity contribution < 1.29 is 9.53 Å². The molecule has 2 aromatic carbocycles. The maximum atomic E-state index is 11.9. The van der Waals surface area contributed by atoms with E-state index in [1.807, 2.05) is 42.5 Å². The van der Waals surface area contributed by atoms with Crippen LogP contribution in [0, 0.1) is 0 Å². The molecule has 0 fully saturated rings. The molecule has 0 radical (unpaired) electrons. The third-order valence-corrected chi connectivity index (χ3v) is 4.02. The number of anilines is 1. The maximum Gasteiger partial charge on any atom is 0.319 e. The molecule has 0 unspecified atom stereocenters. The maximum absolute atomic E-state index is 11.9. The van der Waals surface area contributed by atoms with Gasteiger partial charge in [0.2, 0.25) is 0 Å². The van der Waals surface area contributed by atoms with Crippen molar-refractivity contribution in [1.82, 2.24) is 5.32 Å². The van der Waals surface area contributed by atoms with Crippen LogP contribution in [0.3, 0.4) is 0 Å². The summed E-state index contributed by atoms with van der Waals surface area (Å²) >= 11 is 0. The lowest BCUT2D eigenvalue weighted by molar-refractivity contribution is 0.247. The number of benzene rings is 2. The fraction of sp³-hybridized carbons (Fsp3) is 0.381. The van der Waals surface area contributed by atoms with E-state index >= 15 is 0 Å². The molecule has 134 valence electrons. The first kappa shape index (κ1) is 18.8. The van der Waals surface area contributed by atoms with Crippen LogP contribution in [0.4, 0.5) is 10.5 Å². The van der Waals surface area contributed by atoms with E-state index in [-0.39, 0.29) is 6.03 Å². The van der Waals surface area contributed by atoms with Crippen LogP contribution in [0.1, 0.15) is 50.7 Å². The summed E-state index contributed by atoms with van der Waals surface area (Å²) in [5, 5.41) is 5.63. The lowest BCUT2D eigenvalue weighted by Gasteiger charge is -2.11. The minimum Gasteiger partial charge on any atom is -0.492 e. The smallest absolute Gasteiger partial charge is 0.319 e. The van der Waals surface area contributed by atoms with Gasteiger partial charge in [-0.15, -0.1) is 0 Å². The fourth-order valence-corrected chi connectivity index (χ4v) is 2.42. The van der Waals surface area contributed by atoms with Crippen LogP contribution in [0.5, 0.6) is 5.75 Å². The normalized spacial score (nSPS) is 10.8. The first-order chi connectivity index (χ1) is 12.0. The van der Waals surface area contributed by atoms with E-state index in [1.54, 1.807) is 0 Å². The standard InChI is InChI=1S/C21H28N2O2/c1-15(2)17-8-10-19(11-9-17)23-21(24)22-12-13-25-20-7-5-6-18(14-20)16(3)4/h5-11,14-16H,12-13H2,1-4H3,(H2,22,23,24). The Morgan fingerprint density at radius 2 is 1.64 bits per heavy atom. The molecule has 0 saturated heterocycles. The van der Waals surface area contributed by atoms with Gasteiger partial charge in [0, 0.05) is 5.69 Å². The van der Waals surface area contributed by atoms with Crippen LogP contribution >= 0.6 is 0 Å². The van der Waals surface area contributed by atoms with Crippen molar-refractivity contribution in [3.05, 3.63) is 59.7 Å². The largest absolute Gasteiger partial charge is 0.492 e. The molecule has 2 rings (SSSR count). The van der Waals surface area contributed by atoms with E-state index in [4.69, 9.17) is 4.74 Å². The van der Waals surface area contributed by atoms with Crippen molar-refractivity contribution in [2.75, 3.05) is 18.5 Å². The van der Waals surface area contributed by atoms with Crippen molar-refractivity contribution >= 4 is 11.7 Å². The van der Waals surface area contributed by atoms with Crippen LogP contribution in [-0.2, 0) is 0 Å². The van der Waals surface area contributed by atoms with E-state index in [0.717, 1.165) is 11.4 Å². The van der Waals surface area contributed by atoms with Crippen LogP contribution in [0.15, 0.2) is 48.5 Å². The Hall–Kier alpha value is -2.49. The van der Waals surface area contributed by atoms with E-state index in [2.05, 4.69) is 44.4 Å². The summed E-state index contributed by atoms with van der Waals surface area (Å²) in [6.45, 7) is 9.47. The molecule has 0 atom stereocenters. The summed E-state index contributed by atoms with van der Waals surface area (Å²) in [6.07, 6.45) is 0. The van der Waals surface area contributed by atoms with Gasteiger partial charge in [-0.1, -0.05) is 52.0 Å². The average molecular weight is 340 g/mol. The van der Waals surface area contributed by atoms with Gasteiger partial charge in [-0.25, -0.2) is 4.79 Å². The molecule has 4 nitrogen and oxygen atoms in total. The molecule has 25 heavy (non-hydrogen) atoms. The van der Waals surface area contributed by atoms with Gasteiger partial charge in [0.25, 0.3) is 0 Å². The molecule has 0 bridgehead atoms. The van der Waals surface area contributed by atoms with Crippen LogP contribution in [0.25, 0.3) is 0 Å². The van der Waals surface area contributed by atoms with Gasteiger partial charge in [-0.05, 0) is 47.2 Å². The lowest BCUT2D eigenvalue weighted by atomic mass is 10.0. The third kappa shape index (κ3) is 6.14. The van der Waals surface area contributed by atoms with Gasteiger partial charge in [0.1, 0.15) is 12.4 Å². The summed E-state index contributed by atoms with van der Waals surface area (Å²) in [5.74, 6) is 1.78. The number of ether oxygens (including phenoxy) is 1. The molecule has 0 aliphatic carbocycles. The Morgan fingerprint density at radius 1 is 0.960 bits per heavy atom. The van der Waals surface area contributed by atoms with Crippen molar-refractivity contribution in [2.24, 2.45) is 0 Å². The van der Waals surface area contributed by atoms with E-state index < -0.39 is 0 Å². The Morgan fingerprint density at radius 3 is 2.28 bits per heavy atom. The third-order valence-electron chi connectivity index (χ3n) is 4.02. The number of urea groups is 1. The molecule has 4 heteroatoms. The van der Waals surface area contributed by atoms with Crippen LogP contribution < -0.4 is 15.4 Å². The van der Waals surface area contributed by atoms with Crippen molar-refractivity contribution in [1.29, 1.82) is 0 Å². The second-order valence-electron chi connectivity index (χ2n) is 6.73. The highest BCUT2D eigenvalue weighted by Crippen LogP contribution is 2.20.